The Balaban J connectivity index is 1.12. The largest absolute Gasteiger partial charge is 0.244 e. The number of allylic oxidation sites excluding steroid dienone is 1. The molecule has 7 aromatic rings. The second-order valence-electron chi connectivity index (χ2n) is 11.0. The van der Waals surface area contributed by atoms with E-state index in [1.807, 2.05) is 0 Å². The Labute approximate surface area is 229 Å². The molecule has 0 spiro atoms. The third-order valence-corrected chi connectivity index (χ3v) is 8.77. The SMILES string of the molecule is C1=C2c3nc4cc(-c5ccc6nc7c(nc6c5)-c5cccc6cccc-7c56)ccc4nc3-c3cccc(c32)CC1. The molecule has 0 unspecified atom stereocenters. The van der Waals surface area contributed by atoms with Crippen molar-refractivity contribution >= 4 is 38.4 Å². The Kier molecular flexibility index (Phi) is 3.75. The number of benzene rings is 5. The maximum atomic E-state index is 5.18. The van der Waals surface area contributed by atoms with E-state index in [4.69, 9.17) is 19.9 Å². The van der Waals surface area contributed by atoms with Crippen molar-refractivity contribution in [3.05, 3.63) is 114 Å². The molecule has 2 heterocycles. The van der Waals surface area contributed by atoms with E-state index in [1.54, 1.807) is 0 Å². The first-order chi connectivity index (χ1) is 19.8. The van der Waals surface area contributed by atoms with E-state index < -0.39 is 0 Å². The first kappa shape index (κ1) is 20.7. The highest BCUT2D eigenvalue weighted by Crippen LogP contribution is 2.48. The number of nitrogens with zero attached hydrogens (tertiary/aromatic N) is 4. The van der Waals surface area contributed by atoms with E-state index in [2.05, 4.69) is 97.1 Å². The van der Waals surface area contributed by atoms with Crippen LogP contribution in [0.2, 0.25) is 0 Å². The van der Waals surface area contributed by atoms with Gasteiger partial charge in [-0.2, -0.15) is 0 Å². The van der Waals surface area contributed by atoms with Crippen LogP contribution in [0.25, 0.3) is 83.3 Å². The predicted molar refractivity (Wildman–Crippen MR) is 161 cm³/mol. The predicted octanol–water partition coefficient (Wildman–Crippen LogP) is 8.40. The second kappa shape index (κ2) is 7.25. The van der Waals surface area contributed by atoms with Gasteiger partial charge in [-0.05, 0) is 64.7 Å². The fraction of sp³-hybridized carbons (Fsp3) is 0.0556. The quantitative estimate of drug-likeness (QED) is 0.223. The highest BCUT2D eigenvalue weighted by Gasteiger charge is 2.30. The maximum Gasteiger partial charge on any atom is 0.0979 e. The average Bonchev–Trinajstić information content (AvgIpc) is 3.49. The molecule has 3 aliphatic carbocycles. The van der Waals surface area contributed by atoms with Gasteiger partial charge in [0.25, 0.3) is 0 Å². The number of aromatic nitrogens is 4. The lowest BCUT2D eigenvalue weighted by Crippen LogP contribution is -1.98. The van der Waals surface area contributed by atoms with Gasteiger partial charge < -0.3 is 0 Å². The molecule has 184 valence electrons. The molecule has 40 heavy (non-hydrogen) atoms. The van der Waals surface area contributed by atoms with Crippen LogP contribution in [0.15, 0.2) is 97.1 Å². The van der Waals surface area contributed by atoms with Gasteiger partial charge in [-0.25, -0.2) is 19.9 Å². The van der Waals surface area contributed by atoms with Crippen LogP contribution in [0.1, 0.15) is 23.2 Å². The van der Waals surface area contributed by atoms with E-state index in [-0.39, 0.29) is 0 Å². The van der Waals surface area contributed by atoms with Crippen molar-refractivity contribution in [1.82, 2.24) is 19.9 Å². The van der Waals surface area contributed by atoms with Crippen molar-refractivity contribution < 1.29 is 0 Å². The minimum Gasteiger partial charge on any atom is -0.244 e. The molecule has 2 aromatic heterocycles. The summed E-state index contributed by atoms with van der Waals surface area (Å²) in [6, 6.07) is 32.2. The lowest BCUT2D eigenvalue weighted by Gasteiger charge is -2.13. The summed E-state index contributed by atoms with van der Waals surface area (Å²) in [4.78, 5) is 20.5. The van der Waals surface area contributed by atoms with Gasteiger partial charge in [-0.3, -0.25) is 0 Å². The van der Waals surface area contributed by atoms with Crippen LogP contribution >= 0.6 is 0 Å². The molecule has 3 aliphatic rings. The van der Waals surface area contributed by atoms with Crippen LogP contribution in [0.3, 0.4) is 0 Å². The maximum absolute atomic E-state index is 5.18. The number of hydrogen-bond donors (Lipinski definition) is 0. The smallest absolute Gasteiger partial charge is 0.0979 e. The summed E-state index contributed by atoms with van der Waals surface area (Å²) in [6.45, 7) is 0. The molecule has 4 heteroatoms. The zero-order chi connectivity index (χ0) is 25.9. The topological polar surface area (TPSA) is 51.6 Å². The van der Waals surface area contributed by atoms with Crippen LogP contribution in [0.5, 0.6) is 0 Å². The van der Waals surface area contributed by atoms with Gasteiger partial charge in [0.05, 0.1) is 44.8 Å². The monoisotopic (exact) mass is 508 g/mol. The summed E-state index contributed by atoms with van der Waals surface area (Å²) < 4.78 is 0. The minimum absolute atomic E-state index is 0.900. The Hall–Kier alpha value is -5.22. The first-order valence-corrected chi connectivity index (χ1v) is 13.8. The van der Waals surface area contributed by atoms with Gasteiger partial charge >= 0.3 is 0 Å². The number of fused-ring (bicyclic) bond motifs is 8. The summed E-state index contributed by atoms with van der Waals surface area (Å²) in [6.07, 6.45) is 4.47. The molecule has 10 rings (SSSR count). The lowest BCUT2D eigenvalue weighted by atomic mass is 9.91. The Bertz CT molecular complexity index is 2320. The van der Waals surface area contributed by atoms with E-state index in [0.29, 0.717) is 0 Å². The lowest BCUT2D eigenvalue weighted by molar-refractivity contribution is 0.981. The fourth-order valence-electron chi connectivity index (χ4n) is 6.97. The highest BCUT2D eigenvalue weighted by molar-refractivity contribution is 6.14. The molecule has 4 nitrogen and oxygen atoms in total. The van der Waals surface area contributed by atoms with Crippen molar-refractivity contribution in [2.45, 2.75) is 12.8 Å². The molecule has 0 saturated heterocycles. The Morgan fingerprint density at radius 3 is 1.77 bits per heavy atom. The summed E-state index contributed by atoms with van der Waals surface area (Å²) >= 11 is 0. The highest BCUT2D eigenvalue weighted by atomic mass is 14.9. The summed E-state index contributed by atoms with van der Waals surface area (Å²) in [5.74, 6) is 0. The molecule has 0 atom stereocenters. The molecular weight excluding hydrogens is 488 g/mol. The van der Waals surface area contributed by atoms with Gasteiger partial charge in [0, 0.05) is 27.6 Å². The van der Waals surface area contributed by atoms with Crippen LogP contribution in [0, 0.1) is 0 Å². The van der Waals surface area contributed by atoms with Crippen LogP contribution < -0.4 is 0 Å². The van der Waals surface area contributed by atoms with Crippen LogP contribution in [-0.4, -0.2) is 19.9 Å². The second-order valence-corrected chi connectivity index (χ2v) is 11.0. The van der Waals surface area contributed by atoms with Crippen molar-refractivity contribution in [2.75, 3.05) is 0 Å². The third-order valence-electron chi connectivity index (χ3n) is 8.77. The van der Waals surface area contributed by atoms with Gasteiger partial charge in [0.15, 0.2) is 0 Å². The van der Waals surface area contributed by atoms with Crippen LogP contribution in [0.4, 0.5) is 0 Å². The van der Waals surface area contributed by atoms with Crippen molar-refractivity contribution in [3.63, 3.8) is 0 Å². The Morgan fingerprint density at radius 2 is 1.07 bits per heavy atom. The Morgan fingerprint density at radius 1 is 0.500 bits per heavy atom. The number of aryl methyl sites for hydroxylation is 1. The zero-order valence-corrected chi connectivity index (χ0v) is 21.4. The van der Waals surface area contributed by atoms with E-state index in [9.17, 15) is 0 Å². The van der Waals surface area contributed by atoms with Gasteiger partial charge in [-0.15, -0.1) is 0 Å². The summed E-state index contributed by atoms with van der Waals surface area (Å²) in [7, 11) is 0. The number of rotatable bonds is 1. The number of hydrogen-bond acceptors (Lipinski definition) is 4. The fourth-order valence-corrected chi connectivity index (χ4v) is 6.97. The van der Waals surface area contributed by atoms with E-state index >= 15 is 0 Å². The standard InChI is InChI=1S/C36H20N4/c1-5-19-7-3-11-25-31(19)23(9-1)33-35(25)39-29-17-21(13-15-27(29)37-33)22-14-16-28-30(18-22)40-36-26-12-4-8-20-6-2-10-24(32(20)26)34(36)38-28/h1-3,5-7,9-18H,4,8H2. The zero-order valence-electron chi connectivity index (χ0n) is 21.4. The van der Waals surface area contributed by atoms with Crippen molar-refractivity contribution in [2.24, 2.45) is 0 Å². The molecule has 0 saturated carbocycles. The van der Waals surface area contributed by atoms with E-state index in [0.717, 1.165) is 68.8 Å². The molecule has 0 amide bonds. The molecule has 0 bridgehead atoms. The summed E-state index contributed by atoms with van der Waals surface area (Å²) in [5.41, 5.74) is 17.3. The first-order valence-electron chi connectivity index (χ1n) is 13.8. The minimum atomic E-state index is 0.900. The van der Waals surface area contributed by atoms with E-state index in [1.165, 1.54) is 44.2 Å². The van der Waals surface area contributed by atoms with Gasteiger partial charge in [0.1, 0.15) is 0 Å². The molecule has 5 aromatic carbocycles. The molecule has 0 aliphatic heterocycles. The molecule has 0 N–H and O–H groups in total. The molecular formula is C36H20N4. The molecule has 0 radical (unpaired) electrons. The van der Waals surface area contributed by atoms with Gasteiger partial charge in [0.2, 0.25) is 0 Å². The third kappa shape index (κ3) is 2.60. The average molecular weight is 509 g/mol. The van der Waals surface area contributed by atoms with Crippen molar-refractivity contribution in [3.8, 4) is 44.9 Å². The van der Waals surface area contributed by atoms with Crippen molar-refractivity contribution in [1.29, 1.82) is 0 Å². The normalized spacial score (nSPS) is 13.9. The summed E-state index contributed by atoms with van der Waals surface area (Å²) in [5, 5.41) is 2.48. The van der Waals surface area contributed by atoms with Gasteiger partial charge in [-0.1, -0.05) is 72.8 Å². The molecule has 0 fully saturated rings. The van der Waals surface area contributed by atoms with Crippen LogP contribution in [-0.2, 0) is 6.42 Å².